The Balaban J connectivity index is 1.55. The number of urea groups is 1. The summed E-state index contributed by atoms with van der Waals surface area (Å²) in [7, 11) is 0. The molecule has 2 aromatic carbocycles. The Morgan fingerprint density at radius 2 is 1.84 bits per heavy atom. The highest BCUT2D eigenvalue weighted by Gasteiger charge is 2.40. The summed E-state index contributed by atoms with van der Waals surface area (Å²) >= 11 is 2.05. The zero-order valence-corrected chi connectivity index (χ0v) is 22.6. The number of hydrogen-bond donors (Lipinski definition) is 2. The van der Waals surface area contributed by atoms with Crippen LogP contribution in [0.2, 0.25) is 0 Å². The summed E-state index contributed by atoms with van der Waals surface area (Å²) in [5.74, 6) is -0.893. The topological polar surface area (TPSA) is 114 Å². The standard InChI is InChI=1S/C27H28IN3O6/c1-2-36-22-15-17(14-21(28)24(22)37-16-23(32)29-18-9-5-3-6-10-18)13-20-25(33)30-27(35)31(26(20)34)19-11-7-4-8-12-19/h3,5-6,9-10,13-15,19H,2,4,7-8,11-12,16H2,1H3,(H,29,32)(H,30,33,35). The summed E-state index contributed by atoms with van der Waals surface area (Å²) in [6.07, 6.45) is 5.87. The number of carbonyl (C=O) groups excluding carboxylic acids is 4. The van der Waals surface area contributed by atoms with Crippen LogP contribution in [-0.2, 0) is 14.4 Å². The predicted molar refractivity (Wildman–Crippen MR) is 146 cm³/mol. The van der Waals surface area contributed by atoms with E-state index in [1.807, 2.05) is 25.1 Å². The molecule has 0 aromatic heterocycles. The Bertz CT molecular complexity index is 1220. The van der Waals surface area contributed by atoms with Gasteiger partial charge in [0.2, 0.25) is 0 Å². The SMILES string of the molecule is CCOc1cc(C=C2C(=O)NC(=O)N(C3CCCCC3)C2=O)cc(I)c1OCC(=O)Nc1ccccc1. The molecule has 2 fully saturated rings. The lowest BCUT2D eigenvalue weighted by Crippen LogP contribution is -2.58. The van der Waals surface area contributed by atoms with E-state index in [0.717, 1.165) is 32.1 Å². The molecule has 0 spiro atoms. The van der Waals surface area contributed by atoms with Gasteiger partial charge in [0.15, 0.2) is 18.1 Å². The first-order valence-electron chi connectivity index (χ1n) is 12.2. The number of ether oxygens (including phenoxy) is 2. The molecule has 194 valence electrons. The third-order valence-corrected chi connectivity index (χ3v) is 6.92. The van der Waals surface area contributed by atoms with Crippen molar-refractivity contribution in [2.45, 2.75) is 45.1 Å². The molecule has 0 atom stereocenters. The second-order valence-electron chi connectivity index (χ2n) is 8.75. The summed E-state index contributed by atoms with van der Waals surface area (Å²) in [6.45, 7) is 1.92. The van der Waals surface area contributed by atoms with E-state index in [1.165, 1.54) is 11.0 Å². The number of amides is 5. The Labute approximate surface area is 228 Å². The van der Waals surface area contributed by atoms with Crippen molar-refractivity contribution >= 4 is 58.1 Å². The van der Waals surface area contributed by atoms with E-state index in [1.54, 1.807) is 24.3 Å². The van der Waals surface area contributed by atoms with E-state index >= 15 is 0 Å². The number of benzene rings is 2. The van der Waals surface area contributed by atoms with Crippen LogP contribution in [0, 0.1) is 3.57 Å². The first-order chi connectivity index (χ1) is 17.9. The summed E-state index contributed by atoms with van der Waals surface area (Å²) in [6, 6.07) is 11.5. The van der Waals surface area contributed by atoms with Crippen molar-refractivity contribution in [1.29, 1.82) is 0 Å². The highest BCUT2D eigenvalue weighted by molar-refractivity contribution is 14.1. The molecule has 9 nitrogen and oxygen atoms in total. The van der Waals surface area contributed by atoms with E-state index in [4.69, 9.17) is 9.47 Å². The van der Waals surface area contributed by atoms with Crippen LogP contribution in [0.5, 0.6) is 11.5 Å². The molecule has 37 heavy (non-hydrogen) atoms. The summed E-state index contributed by atoms with van der Waals surface area (Å²) in [4.78, 5) is 51.8. The molecule has 0 unspecified atom stereocenters. The maximum atomic E-state index is 13.2. The third-order valence-electron chi connectivity index (χ3n) is 6.12. The highest BCUT2D eigenvalue weighted by atomic mass is 127. The summed E-state index contributed by atoms with van der Waals surface area (Å²) in [5.41, 5.74) is 1.08. The molecule has 1 saturated heterocycles. The fourth-order valence-electron chi connectivity index (χ4n) is 4.44. The highest BCUT2D eigenvalue weighted by Crippen LogP contribution is 2.35. The second kappa shape index (κ2) is 12.2. The van der Waals surface area contributed by atoms with Gasteiger partial charge in [0.1, 0.15) is 5.57 Å². The lowest BCUT2D eigenvalue weighted by molar-refractivity contribution is -0.132. The molecule has 1 aliphatic carbocycles. The fourth-order valence-corrected chi connectivity index (χ4v) is 5.22. The molecular formula is C27H28IN3O6. The Morgan fingerprint density at radius 3 is 2.54 bits per heavy atom. The number of nitrogens with one attached hydrogen (secondary N) is 2. The Hall–Kier alpha value is -3.41. The Kier molecular flexibility index (Phi) is 8.80. The maximum absolute atomic E-state index is 13.2. The molecule has 0 bridgehead atoms. The second-order valence-corrected chi connectivity index (χ2v) is 9.91. The number of rotatable bonds is 8. The molecule has 2 N–H and O–H groups in total. The number of imide groups is 2. The van der Waals surface area contributed by atoms with Crippen molar-refractivity contribution in [2.24, 2.45) is 0 Å². The van der Waals surface area contributed by atoms with Gasteiger partial charge in [-0.05, 0) is 78.3 Å². The van der Waals surface area contributed by atoms with Crippen LogP contribution in [-0.4, -0.2) is 47.9 Å². The van der Waals surface area contributed by atoms with Crippen LogP contribution >= 0.6 is 22.6 Å². The zero-order valence-electron chi connectivity index (χ0n) is 20.4. The number of anilines is 1. The van der Waals surface area contributed by atoms with Crippen molar-refractivity contribution in [3.8, 4) is 11.5 Å². The Morgan fingerprint density at radius 1 is 1.11 bits per heavy atom. The average Bonchev–Trinajstić information content (AvgIpc) is 2.87. The minimum atomic E-state index is -0.729. The number of barbiturate groups is 1. The first-order valence-corrected chi connectivity index (χ1v) is 13.3. The van der Waals surface area contributed by atoms with Gasteiger partial charge >= 0.3 is 6.03 Å². The number of nitrogens with zero attached hydrogens (tertiary/aromatic N) is 1. The summed E-state index contributed by atoms with van der Waals surface area (Å²) < 4.78 is 12.2. The lowest BCUT2D eigenvalue weighted by Gasteiger charge is -2.35. The first kappa shape index (κ1) is 26.6. The van der Waals surface area contributed by atoms with E-state index in [9.17, 15) is 19.2 Å². The van der Waals surface area contributed by atoms with E-state index < -0.39 is 17.8 Å². The zero-order chi connectivity index (χ0) is 26.4. The van der Waals surface area contributed by atoms with Gasteiger partial charge in [-0.1, -0.05) is 37.5 Å². The van der Waals surface area contributed by atoms with E-state index in [2.05, 4.69) is 33.2 Å². The van der Waals surface area contributed by atoms with Gasteiger partial charge in [-0.25, -0.2) is 4.79 Å². The van der Waals surface area contributed by atoms with Crippen LogP contribution in [0.25, 0.3) is 6.08 Å². The predicted octanol–water partition coefficient (Wildman–Crippen LogP) is 4.50. The van der Waals surface area contributed by atoms with Crippen LogP contribution in [0.4, 0.5) is 10.5 Å². The molecule has 0 radical (unpaired) electrons. The van der Waals surface area contributed by atoms with Crippen molar-refractivity contribution < 1.29 is 28.7 Å². The number of para-hydroxylation sites is 1. The van der Waals surface area contributed by atoms with Gasteiger partial charge in [0.25, 0.3) is 17.7 Å². The van der Waals surface area contributed by atoms with Crippen molar-refractivity contribution in [3.63, 3.8) is 0 Å². The maximum Gasteiger partial charge on any atom is 0.331 e. The van der Waals surface area contributed by atoms with Crippen molar-refractivity contribution in [3.05, 3.63) is 57.2 Å². The van der Waals surface area contributed by atoms with E-state index in [0.29, 0.717) is 32.9 Å². The molecule has 4 rings (SSSR count). The van der Waals surface area contributed by atoms with Gasteiger partial charge in [-0.15, -0.1) is 0 Å². The number of halogens is 1. The number of hydrogen-bond acceptors (Lipinski definition) is 6. The van der Waals surface area contributed by atoms with Crippen LogP contribution in [0.15, 0.2) is 48.0 Å². The van der Waals surface area contributed by atoms with Gasteiger partial charge in [0, 0.05) is 11.7 Å². The summed E-state index contributed by atoms with van der Waals surface area (Å²) in [5, 5.41) is 5.06. The lowest BCUT2D eigenvalue weighted by atomic mass is 9.93. The molecule has 1 saturated carbocycles. The smallest absolute Gasteiger partial charge is 0.331 e. The molecule has 1 aliphatic heterocycles. The quantitative estimate of drug-likeness (QED) is 0.256. The van der Waals surface area contributed by atoms with Crippen molar-refractivity contribution in [2.75, 3.05) is 18.5 Å². The van der Waals surface area contributed by atoms with Gasteiger partial charge in [0.05, 0.1) is 10.2 Å². The fraction of sp³-hybridized carbons (Fsp3) is 0.333. The minimum Gasteiger partial charge on any atom is -0.490 e. The van der Waals surface area contributed by atoms with E-state index in [-0.39, 0.29) is 24.1 Å². The molecule has 5 amide bonds. The largest absolute Gasteiger partial charge is 0.490 e. The van der Waals surface area contributed by atoms with Crippen LogP contribution in [0.1, 0.15) is 44.6 Å². The van der Waals surface area contributed by atoms with Crippen LogP contribution < -0.4 is 20.1 Å². The van der Waals surface area contributed by atoms with Gasteiger partial charge in [-0.2, -0.15) is 0 Å². The molecule has 10 heteroatoms. The molecule has 1 heterocycles. The molecular weight excluding hydrogens is 589 g/mol. The number of carbonyl (C=O) groups is 4. The normalized spacial score (nSPS) is 17.5. The molecule has 2 aliphatic rings. The molecule has 2 aromatic rings. The average molecular weight is 617 g/mol. The third kappa shape index (κ3) is 6.48. The monoisotopic (exact) mass is 617 g/mol. The van der Waals surface area contributed by atoms with Gasteiger partial charge < -0.3 is 14.8 Å². The van der Waals surface area contributed by atoms with Gasteiger partial charge in [-0.3, -0.25) is 24.6 Å². The minimum absolute atomic E-state index is 0.112. The van der Waals surface area contributed by atoms with Crippen molar-refractivity contribution in [1.82, 2.24) is 10.2 Å². The van der Waals surface area contributed by atoms with Crippen LogP contribution in [0.3, 0.4) is 0 Å².